The molecule has 0 bridgehead atoms. The largest absolute Gasteiger partial charge is 0.376 e. The fourth-order valence-corrected chi connectivity index (χ4v) is 6.75. The van der Waals surface area contributed by atoms with Crippen molar-refractivity contribution in [3.8, 4) is 0 Å². The fraction of sp³-hybridized carbons (Fsp3) is 0.300. The van der Waals surface area contributed by atoms with Crippen LogP contribution in [0.4, 0.5) is 10.1 Å². The Morgan fingerprint density at radius 1 is 1.07 bits per heavy atom. The minimum Gasteiger partial charge on any atom is -0.376 e. The van der Waals surface area contributed by atoms with Crippen LogP contribution >= 0.6 is 0 Å². The maximum Gasteiger partial charge on any atom is 0.269 e. The third kappa shape index (κ3) is 5.59. The highest BCUT2D eigenvalue weighted by Crippen LogP contribution is 2.34. The molecule has 3 aromatic carbocycles. The van der Waals surface area contributed by atoms with Crippen molar-refractivity contribution in [1.29, 1.82) is 0 Å². The molecule has 214 valence electrons. The number of benzene rings is 3. The molecule has 0 unspecified atom stereocenters. The van der Waals surface area contributed by atoms with Crippen molar-refractivity contribution in [2.24, 2.45) is 0 Å². The number of amides is 3. The highest BCUT2D eigenvalue weighted by atomic mass is 32.2. The molecule has 0 radical (unpaired) electrons. The number of nitrogens with zero attached hydrogens (tertiary/aromatic N) is 2. The number of para-hydroxylation sites is 1. The van der Waals surface area contributed by atoms with Crippen LogP contribution in [0, 0.1) is 5.82 Å². The number of nitrogens with one attached hydrogen (secondary N) is 1. The van der Waals surface area contributed by atoms with Crippen LogP contribution in [-0.2, 0) is 30.8 Å². The lowest BCUT2D eigenvalue weighted by Gasteiger charge is -2.34. The molecule has 1 N–H and O–H groups in total. The number of hydrogen-bond acceptors (Lipinski definition) is 6. The quantitative estimate of drug-likeness (QED) is 0.415. The summed E-state index contributed by atoms with van der Waals surface area (Å²) in [6.45, 7) is 1.86. The number of sulfonamides is 1. The number of aryl methyl sites for hydroxylation is 1. The molecular weight excluding hydrogens is 549 g/mol. The van der Waals surface area contributed by atoms with Crippen LogP contribution in [0.5, 0.6) is 0 Å². The van der Waals surface area contributed by atoms with Crippen LogP contribution < -0.4 is 10.2 Å². The van der Waals surface area contributed by atoms with Crippen molar-refractivity contribution in [1.82, 2.24) is 9.62 Å². The second-order valence-electron chi connectivity index (χ2n) is 9.89. The zero-order chi connectivity index (χ0) is 29.1. The summed E-state index contributed by atoms with van der Waals surface area (Å²) in [5.41, 5.74) is 1.39. The summed E-state index contributed by atoms with van der Waals surface area (Å²) in [7, 11) is -4.29. The number of rotatable bonds is 9. The second kappa shape index (κ2) is 11.8. The smallest absolute Gasteiger partial charge is 0.269 e. The monoisotopic (exact) mass is 579 g/mol. The molecule has 2 heterocycles. The summed E-state index contributed by atoms with van der Waals surface area (Å²) >= 11 is 0. The molecule has 1 saturated heterocycles. The molecule has 5 rings (SSSR count). The van der Waals surface area contributed by atoms with Gasteiger partial charge in [0.2, 0.25) is 11.8 Å². The Labute approximate surface area is 238 Å². The van der Waals surface area contributed by atoms with Gasteiger partial charge in [-0.25, -0.2) is 17.1 Å². The molecule has 2 aliphatic heterocycles. The molecule has 0 saturated carbocycles. The zero-order valence-electron chi connectivity index (χ0n) is 22.5. The predicted octanol–water partition coefficient (Wildman–Crippen LogP) is 3.60. The summed E-state index contributed by atoms with van der Waals surface area (Å²) in [4.78, 5) is 42.2. The molecule has 41 heavy (non-hydrogen) atoms. The molecule has 1 fully saturated rings. The lowest BCUT2D eigenvalue weighted by molar-refractivity contribution is -0.127. The Balaban J connectivity index is 1.57. The van der Waals surface area contributed by atoms with Gasteiger partial charge in [0.05, 0.1) is 11.7 Å². The van der Waals surface area contributed by atoms with Gasteiger partial charge in [0.25, 0.3) is 15.9 Å². The third-order valence-corrected chi connectivity index (χ3v) is 9.10. The summed E-state index contributed by atoms with van der Waals surface area (Å²) in [5.74, 6) is -2.69. The van der Waals surface area contributed by atoms with Crippen LogP contribution in [0.1, 0.15) is 47.3 Å². The second-order valence-corrected chi connectivity index (χ2v) is 11.7. The van der Waals surface area contributed by atoms with Gasteiger partial charge in [0, 0.05) is 18.8 Å². The van der Waals surface area contributed by atoms with E-state index in [0.717, 1.165) is 18.4 Å². The van der Waals surface area contributed by atoms with Crippen molar-refractivity contribution in [3.05, 3.63) is 95.3 Å². The summed E-state index contributed by atoms with van der Waals surface area (Å²) in [5, 5.41) is 2.86. The average Bonchev–Trinajstić information content (AvgIpc) is 3.57. The van der Waals surface area contributed by atoms with Gasteiger partial charge in [-0.05, 0) is 60.7 Å². The van der Waals surface area contributed by atoms with Gasteiger partial charge in [-0.3, -0.25) is 19.3 Å². The molecule has 0 aliphatic carbocycles. The standard InChI is InChI=1S/C30H30FN3O6S/c1-2-20-8-3-5-11-25(20)34(27(35)19-33-30(37)24-10-4-6-12-26(24)41(33,38)39)28(21-13-15-22(31)16-14-21)29(36)32-18-23-9-7-17-40-23/h3-6,8,10-16,23,28H,2,7,9,17-19H2,1H3,(H,32,36)/t23-,28+/m0/s1. The van der Waals surface area contributed by atoms with E-state index in [9.17, 15) is 27.2 Å². The van der Waals surface area contributed by atoms with E-state index in [1.807, 2.05) is 6.92 Å². The summed E-state index contributed by atoms with van der Waals surface area (Å²) < 4.78 is 46.6. The topological polar surface area (TPSA) is 113 Å². The molecular formula is C30H30FN3O6S. The molecule has 0 aromatic heterocycles. The van der Waals surface area contributed by atoms with E-state index in [0.29, 0.717) is 28.6 Å². The van der Waals surface area contributed by atoms with Crippen molar-refractivity contribution in [2.75, 3.05) is 24.6 Å². The van der Waals surface area contributed by atoms with Gasteiger partial charge in [-0.15, -0.1) is 0 Å². The van der Waals surface area contributed by atoms with Crippen LogP contribution in [0.2, 0.25) is 0 Å². The van der Waals surface area contributed by atoms with E-state index >= 15 is 0 Å². The van der Waals surface area contributed by atoms with Gasteiger partial charge < -0.3 is 10.1 Å². The number of anilines is 1. The SMILES string of the molecule is CCc1ccccc1N(C(=O)CN1C(=O)c2ccccc2S1(=O)=O)[C@@H](C(=O)NC[C@@H]1CCCO1)c1ccc(F)cc1. The Kier molecular flexibility index (Phi) is 8.18. The molecule has 9 nitrogen and oxygen atoms in total. The number of carbonyl (C=O) groups excluding carboxylic acids is 3. The number of ether oxygens (including phenoxy) is 1. The lowest BCUT2D eigenvalue weighted by Crippen LogP contribution is -2.49. The molecule has 0 spiro atoms. The minimum absolute atomic E-state index is 0.0230. The number of halogens is 1. The van der Waals surface area contributed by atoms with Gasteiger partial charge in [-0.1, -0.05) is 49.4 Å². The average molecular weight is 580 g/mol. The highest BCUT2D eigenvalue weighted by Gasteiger charge is 2.44. The normalized spacial score (nSPS) is 18.1. The maximum absolute atomic E-state index is 14.2. The number of carbonyl (C=O) groups is 3. The van der Waals surface area contributed by atoms with Crippen molar-refractivity contribution in [3.63, 3.8) is 0 Å². The van der Waals surface area contributed by atoms with Crippen LogP contribution in [0.25, 0.3) is 0 Å². The van der Waals surface area contributed by atoms with Gasteiger partial charge in [0.1, 0.15) is 23.3 Å². The van der Waals surface area contributed by atoms with Crippen LogP contribution in [0.3, 0.4) is 0 Å². The van der Waals surface area contributed by atoms with E-state index in [1.54, 1.807) is 30.3 Å². The highest BCUT2D eigenvalue weighted by molar-refractivity contribution is 7.90. The van der Waals surface area contributed by atoms with Gasteiger partial charge in [-0.2, -0.15) is 0 Å². The van der Waals surface area contributed by atoms with E-state index < -0.39 is 46.1 Å². The van der Waals surface area contributed by atoms with Crippen molar-refractivity contribution in [2.45, 2.75) is 43.2 Å². The number of hydrogen-bond donors (Lipinski definition) is 1. The molecule has 2 aliphatic rings. The first-order valence-electron chi connectivity index (χ1n) is 13.4. The Hall–Kier alpha value is -4.09. The maximum atomic E-state index is 14.2. The first-order valence-corrected chi connectivity index (χ1v) is 14.9. The Bertz CT molecular complexity index is 1570. The Morgan fingerprint density at radius 2 is 1.78 bits per heavy atom. The van der Waals surface area contributed by atoms with Gasteiger partial charge >= 0.3 is 0 Å². The van der Waals surface area contributed by atoms with Gasteiger partial charge in [0.15, 0.2) is 0 Å². The Morgan fingerprint density at radius 3 is 2.46 bits per heavy atom. The molecule has 3 amide bonds. The van der Waals surface area contributed by atoms with E-state index in [4.69, 9.17) is 4.74 Å². The molecule has 2 atom stereocenters. The summed E-state index contributed by atoms with van der Waals surface area (Å²) in [6, 6.07) is 16.6. The van der Waals surface area contributed by atoms with E-state index in [1.165, 1.54) is 47.4 Å². The molecule has 3 aromatic rings. The third-order valence-electron chi connectivity index (χ3n) is 7.31. The first kappa shape index (κ1) is 28.4. The molecule has 11 heteroatoms. The van der Waals surface area contributed by atoms with Crippen LogP contribution in [0.15, 0.2) is 77.7 Å². The number of fused-ring (bicyclic) bond motifs is 1. The summed E-state index contributed by atoms with van der Waals surface area (Å²) in [6.07, 6.45) is 1.97. The van der Waals surface area contributed by atoms with Crippen LogP contribution in [-0.4, -0.2) is 56.2 Å². The van der Waals surface area contributed by atoms with Crippen molar-refractivity contribution >= 4 is 33.4 Å². The minimum atomic E-state index is -4.29. The fourth-order valence-electron chi connectivity index (χ4n) is 5.23. The predicted molar refractivity (Wildman–Crippen MR) is 149 cm³/mol. The van der Waals surface area contributed by atoms with Crippen molar-refractivity contribution < 1.29 is 31.9 Å². The lowest BCUT2D eigenvalue weighted by atomic mass is 10.0. The van der Waals surface area contributed by atoms with E-state index in [2.05, 4.69) is 5.32 Å². The van der Waals surface area contributed by atoms with E-state index in [-0.39, 0.29) is 23.1 Å². The first-order chi connectivity index (χ1) is 19.7. The zero-order valence-corrected chi connectivity index (χ0v) is 23.3.